The molecule has 0 aliphatic heterocycles. The molecule has 0 N–H and O–H groups in total. The van der Waals surface area contributed by atoms with Gasteiger partial charge in [0.2, 0.25) is 0 Å². The number of hydrogen-bond acceptors (Lipinski definition) is 0. The zero-order valence-corrected chi connectivity index (χ0v) is 9.75. The standard InChI is InChI=1S/C14H21F/c1-7-10-6-11(14(7,2)15)13-9-4-3-8(5-9)12(10)13/h7-13H,3-6H2,1-2H3. The van der Waals surface area contributed by atoms with Gasteiger partial charge in [0.15, 0.2) is 0 Å². The van der Waals surface area contributed by atoms with Crippen LogP contribution in [0.3, 0.4) is 0 Å². The summed E-state index contributed by atoms with van der Waals surface area (Å²) in [6, 6.07) is 0. The molecule has 4 bridgehead atoms. The van der Waals surface area contributed by atoms with Gasteiger partial charge in [0.05, 0.1) is 0 Å². The second-order valence-corrected chi connectivity index (χ2v) is 6.93. The van der Waals surface area contributed by atoms with Gasteiger partial charge >= 0.3 is 0 Å². The minimum atomic E-state index is -0.837. The highest BCUT2D eigenvalue weighted by Gasteiger charge is 2.68. The molecule has 4 rings (SSSR count). The zero-order chi connectivity index (χ0) is 10.4. The minimum absolute atomic E-state index is 0.336. The van der Waals surface area contributed by atoms with Gasteiger partial charge in [-0.3, -0.25) is 0 Å². The Labute approximate surface area is 91.6 Å². The molecule has 1 heteroatoms. The Morgan fingerprint density at radius 3 is 2.47 bits per heavy atom. The van der Waals surface area contributed by atoms with Gasteiger partial charge in [0.25, 0.3) is 0 Å². The maximum atomic E-state index is 14.7. The molecule has 8 unspecified atom stereocenters. The molecular formula is C14H21F. The fourth-order valence-electron chi connectivity index (χ4n) is 6.12. The first-order valence-electron chi connectivity index (χ1n) is 6.79. The van der Waals surface area contributed by atoms with Gasteiger partial charge in [0, 0.05) is 0 Å². The van der Waals surface area contributed by atoms with Crippen molar-refractivity contribution in [1.29, 1.82) is 0 Å². The van der Waals surface area contributed by atoms with Gasteiger partial charge in [-0.1, -0.05) is 6.92 Å². The summed E-state index contributed by atoms with van der Waals surface area (Å²) in [7, 11) is 0. The van der Waals surface area contributed by atoms with Crippen molar-refractivity contribution in [2.24, 2.45) is 41.4 Å². The van der Waals surface area contributed by atoms with E-state index < -0.39 is 5.67 Å². The number of rotatable bonds is 0. The van der Waals surface area contributed by atoms with Crippen LogP contribution in [0, 0.1) is 41.4 Å². The van der Waals surface area contributed by atoms with E-state index in [0.29, 0.717) is 11.8 Å². The lowest BCUT2D eigenvalue weighted by atomic mass is 9.63. The molecule has 4 saturated carbocycles. The zero-order valence-electron chi connectivity index (χ0n) is 9.75. The Morgan fingerprint density at radius 2 is 1.73 bits per heavy atom. The highest BCUT2D eigenvalue weighted by Crippen LogP contribution is 2.71. The molecule has 0 amide bonds. The second-order valence-electron chi connectivity index (χ2n) is 6.93. The highest BCUT2D eigenvalue weighted by atomic mass is 19.1. The molecule has 4 aliphatic carbocycles. The molecule has 4 fully saturated rings. The van der Waals surface area contributed by atoms with Crippen LogP contribution in [0.5, 0.6) is 0 Å². The van der Waals surface area contributed by atoms with Crippen LogP contribution in [-0.2, 0) is 0 Å². The summed E-state index contributed by atoms with van der Waals surface area (Å²) in [5.74, 6) is 5.14. The molecule has 0 saturated heterocycles. The monoisotopic (exact) mass is 208 g/mol. The quantitative estimate of drug-likeness (QED) is 0.533. The third kappa shape index (κ3) is 0.828. The Hall–Kier alpha value is -0.0700. The number of alkyl halides is 1. The molecule has 0 spiro atoms. The Balaban J connectivity index is 1.77. The highest BCUT2D eigenvalue weighted by molar-refractivity contribution is 5.16. The van der Waals surface area contributed by atoms with E-state index in [0.717, 1.165) is 29.6 Å². The fraction of sp³-hybridized carbons (Fsp3) is 1.00. The largest absolute Gasteiger partial charge is 0.244 e. The normalized spacial score (nSPS) is 70.2. The summed E-state index contributed by atoms with van der Waals surface area (Å²) < 4.78 is 14.7. The summed E-state index contributed by atoms with van der Waals surface area (Å²) in [5, 5.41) is 0. The molecule has 0 aromatic rings. The molecular weight excluding hydrogens is 187 g/mol. The number of fused-ring (bicyclic) bond motifs is 9. The van der Waals surface area contributed by atoms with E-state index in [4.69, 9.17) is 0 Å². The fourth-order valence-corrected chi connectivity index (χ4v) is 6.12. The van der Waals surface area contributed by atoms with Crippen LogP contribution in [0.25, 0.3) is 0 Å². The Morgan fingerprint density at radius 1 is 1.07 bits per heavy atom. The van der Waals surface area contributed by atoms with E-state index in [9.17, 15) is 4.39 Å². The predicted molar refractivity (Wildman–Crippen MR) is 58.1 cm³/mol. The van der Waals surface area contributed by atoms with Crippen LogP contribution in [0.2, 0.25) is 0 Å². The predicted octanol–water partition coefficient (Wildman–Crippen LogP) is 3.66. The van der Waals surface area contributed by atoms with E-state index in [2.05, 4.69) is 6.92 Å². The molecule has 8 atom stereocenters. The average molecular weight is 208 g/mol. The lowest BCUT2D eigenvalue weighted by molar-refractivity contribution is -0.0275. The maximum absolute atomic E-state index is 14.7. The number of hydrogen-bond donors (Lipinski definition) is 0. The van der Waals surface area contributed by atoms with E-state index >= 15 is 0 Å². The van der Waals surface area contributed by atoms with Crippen LogP contribution < -0.4 is 0 Å². The van der Waals surface area contributed by atoms with Crippen LogP contribution in [0.1, 0.15) is 39.5 Å². The van der Waals surface area contributed by atoms with Gasteiger partial charge in [-0.2, -0.15) is 0 Å². The van der Waals surface area contributed by atoms with E-state index in [1.807, 2.05) is 6.92 Å². The Bertz CT molecular complexity index is 308. The summed E-state index contributed by atoms with van der Waals surface area (Å²) in [5.41, 5.74) is -0.837. The summed E-state index contributed by atoms with van der Waals surface area (Å²) >= 11 is 0. The topological polar surface area (TPSA) is 0 Å². The second kappa shape index (κ2) is 2.43. The lowest BCUT2D eigenvalue weighted by Gasteiger charge is -2.44. The van der Waals surface area contributed by atoms with Gasteiger partial charge in [0.1, 0.15) is 5.67 Å². The molecule has 0 aromatic carbocycles. The van der Waals surface area contributed by atoms with Crippen LogP contribution in [-0.4, -0.2) is 5.67 Å². The Kier molecular flexibility index (Phi) is 1.46. The number of halogens is 1. The average Bonchev–Trinajstić information content (AvgIpc) is 2.88. The van der Waals surface area contributed by atoms with Crippen molar-refractivity contribution < 1.29 is 4.39 Å². The molecule has 15 heavy (non-hydrogen) atoms. The summed E-state index contributed by atoms with van der Waals surface area (Å²) in [6.07, 6.45) is 5.55. The van der Waals surface area contributed by atoms with Gasteiger partial charge < -0.3 is 0 Å². The summed E-state index contributed by atoms with van der Waals surface area (Å²) in [4.78, 5) is 0. The first-order chi connectivity index (χ1) is 7.10. The van der Waals surface area contributed by atoms with Crippen molar-refractivity contribution in [2.75, 3.05) is 0 Å². The van der Waals surface area contributed by atoms with Gasteiger partial charge in [-0.15, -0.1) is 0 Å². The van der Waals surface area contributed by atoms with Crippen LogP contribution >= 0.6 is 0 Å². The van der Waals surface area contributed by atoms with Crippen molar-refractivity contribution in [3.63, 3.8) is 0 Å². The molecule has 0 nitrogen and oxygen atoms in total. The first kappa shape index (κ1) is 9.01. The van der Waals surface area contributed by atoms with E-state index in [1.165, 1.54) is 25.7 Å². The third-order valence-electron chi connectivity index (χ3n) is 6.79. The van der Waals surface area contributed by atoms with E-state index in [-0.39, 0.29) is 0 Å². The van der Waals surface area contributed by atoms with Crippen molar-refractivity contribution in [2.45, 2.75) is 45.2 Å². The van der Waals surface area contributed by atoms with Crippen molar-refractivity contribution in [3.05, 3.63) is 0 Å². The van der Waals surface area contributed by atoms with Crippen molar-refractivity contribution >= 4 is 0 Å². The third-order valence-corrected chi connectivity index (χ3v) is 6.79. The van der Waals surface area contributed by atoms with Crippen LogP contribution in [0.4, 0.5) is 4.39 Å². The first-order valence-corrected chi connectivity index (χ1v) is 6.79. The molecule has 0 radical (unpaired) electrons. The molecule has 0 aromatic heterocycles. The SMILES string of the molecule is CC1C2CC(C3C4CCC(C4)C23)C1(C)F. The van der Waals surface area contributed by atoms with Gasteiger partial charge in [-0.25, -0.2) is 4.39 Å². The van der Waals surface area contributed by atoms with Crippen LogP contribution in [0.15, 0.2) is 0 Å². The lowest BCUT2D eigenvalue weighted by Crippen LogP contribution is -2.45. The van der Waals surface area contributed by atoms with Gasteiger partial charge in [-0.05, 0) is 74.0 Å². The smallest absolute Gasteiger partial charge is 0.114 e. The molecule has 84 valence electrons. The van der Waals surface area contributed by atoms with Crippen molar-refractivity contribution in [1.82, 2.24) is 0 Å². The molecule has 4 aliphatic rings. The van der Waals surface area contributed by atoms with E-state index in [1.54, 1.807) is 0 Å². The minimum Gasteiger partial charge on any atom is -0.244 e. The van der Waals surface area contributed by atoms with Crippen molar-refractivity contribution in [3.8, 4) is 0 Å². The summed E-state index contributed by atoms with van der Waals surface area (Å²) in [6.45, 7) is 4.07. The maximum Gasteiger partial charge on any atom is 0.114 e. The molecule has 0 heterocycles.